The highest BCUT2D eigenvalue weighted by molar-refractivity contribution is 6.47. The number of carbonyl (C=O) groups is 1. The second-order valence-electron chi connectivity index (χ2n) is 4.40. The predicted molar refractivity (Wildman–Crippen MR) is 65.8 cm³/mol. The highest BCUT2D eigenvalue weighted by Gasteiger charge is 2.33. The van der Waals surface area contributed by atoms with E-state index in [4.69, 9.17) is 5.26 Å². The van der Waals surface area contributed by atoms with Crippen LogP contribution >= 0.6 is 0 Å². The Hall–Kier alpha value is -2.36. The van der Waals surface area contributed by atoms with Crippen LogP contribution in [0.1, 0.15) is 18.4 Å². The molecule has 0 radical (unpaired) electrons. The van der Waals surface area contributed by atoms with Crippen LogP contribution in [-0.4, -0.2) is 11.5 Å². The number of hydrogen-bond donors (Lipinski definition) is 1. The van der Waals surface area contributed by atoms with Crippen LogP contribution in [0.5, 0.6) is 0 Å². The van der Waals surface area contributed by atoms with Gasteiger partial charge in [0.2, 0.25) is 5.71 Å². The van der Waals surface area contributed by atoms with E-state index in [1.54, 1.807) is 6.07 Å². The maximum Gasteiger partial charge on any atom is 0.416 e. The van der Waals surface area contributed by atoms with Gasteiger partial charge in [0.1, 0.15) is 6.07 Å². The molecule has 1 aromatic carbocycles. The Bertz CT molecular complexity index is 598. The molecule has 0 aliphatic heterocycles. The third kappa shape index (κ3) is 3.35. The number of anilines is 1. The number of nitriles is 1. The number of ketones is 1. The molecule has 0 spiro atoms. The number of hydrazone groups is 1. The first-order chi connectivity index (χ1) is 9.41. The van der Waals surface area contributed by atoms with E-state index in [1.165, 1.54) is 12.1 Å². The van der Waals surface area contributed by atoms with Crippen molar-refractivity contribution >= 4 is 17.2 Å². The Morgan fingerprint density at radius 2 is 2.10 bits per heavy atom. The molecular formula is C13H10F3N3O. The van der Waals surface area contributed by atoms with Crippen molar-refractivity contribution in [3.63, 3.8) is 0 Å². The van der Waals surface area contributed by atoms with Gasteiger partial charge < -0.3 is 0 Å². The molecule has 0 unspecified atom stereocenters. The molecule has 7 heteroatoms. The highest BCUT2D eigenvalue weighted by Crippen LogP contribution is 2.31. The summed E-state index contributed by atoms with van der Waals surface area (Å²) in [5, 5.41) is 12.4. The van der Waals surface area contributed by atoms with Crippen LogP contribution in [0.3, 0.4) is 0 Å². The zero-order chi connectivity index (χ0) is 14.8. The van der Waals surface area contributed by atoms with E-state index >= 15 is 0 Å². The zero-order valence-electron chi connectivity index (χ0n) is 10.2. The standard InChI is InChI=1S/C13H10F3N3O/c14-13(15,16)9-2-1-3-10(6-9)18-19-11(7-17)12(20)8-4-5-8/h1-3,6,8,18H,4-5H2/b19-11+. The predicted octanol–water partition coefficient (Wildman–Crippen LogP) is 2.98. The summed E-state index contributed by atoms with van der Waals surface area (Å²) >= 11 is 0. The van der Waals surface area contributed by atoms with Crippen molar-refractivity contribution in [1.82, 2.24) is 0 Å². The van der Waals surface area contributed by atoms with Crippen molar-refractivity contribution in [2.45, 2.75) is 19.0 Å². The SMILES string of the molecule is N#C/C(=N\Nc1cccc(C(F)(F)F)c1)C(=O)C1CC1. The fraction of sp³-hybridized carbons (Fsp3) is 0.308. The van der Waals surface area contributed by atoms with Crippen molar-refractivity contribution in [3.05, 3.63) is 29.8 Å². The van der Waals surface area contributed by atoms with Gasteiger partial charge in [-0.15, -0.1) is 0 Å². The lowest BCUT2D eigenvalue weighted by Gasteiger charge is -2.08. The molecule has 2 rings (SSSR count). The maximum absolute atomic E-state index is 12.5. The van der Waals surface area contributed by atoms with Crippen LogP contribution in [-0.2, 0) is 11.0 Å². The van der Waals surface area contributed by atoms with Gasteiger partial charge in [0.05, 0.1) is 11.3 Å². The Balaban J connectivity index is 2.13. The number of rotatable bonds is 4. The summed E-state index contributed by atoms with van der Waals surface area (Å²) in [5.74, 6) is -0.538. The number of benzene rings is 1. The number of Topliss-reactive ketones (excluding diaryl/α,β-unsaturated/α-hetero) is 1. The molecule has 0 saturated heterocycles. The third-order valence-electron chi connectivity index (χ3n) is 2.77. The first-order valence-electron chi connectivity index (χ1n) is 5.87. The Morgan fingerprint density at radius 3 is 2.65 bits per heavy atom. The number of carbonyl (C=O) groups excluding carboxylic acids is 1. The fourth-order valence-electron chi connectivity index (χ4n) is 1.56. The van der Waals surface area contributed by atoms with Crippen LogP contribution in [0, 0.1) is 17.2 Å². The van der Waals surface area contributed by atoms with Gasteiger partial charge >= 0.3 is 6.18 Å². The normalized spacial score (nSPS) is 15.6. The molecule has 20 heavy (non-hydrogen) atoms. The fourth-order valence-corrected chi connectivity index (χ4v) is 1.56. The summed E-state index contributed by atoms with van der Waals surface area (Å²) in [7, 11) is 0. The number of nitrogens with zero attached hydrogens (tertiary/aromatic N) is 2. The van der Waals surface area contributed by atoms with Crippen molar-refractivity contribution in [1.29, 1.82) is 5.26 Å². The third-order valence-corrected chi connectivity index (χ3v) is 2.77. The van der Waals surface area contributed by atoms with Crippen molar-refractivity contribution in [2.75, 3.05) is 5.43 Å². The Kier molecular flexibility index (Phi) is 3.74. The van der Waals surface area contributed by atoms with E-state index in [0.29, 0.717) is 0 Å². The van der Waals surface area contributed by atoms with Crippen molar-refractivity contribution in [3.8, 4) is 6.07 Å². The first kappa shape index (κ1) is 14.1. The minimum absolute atomic E-state index is 0.0659. The highest BCUT2D eigenvalue weighted by atomic mass is 19.4. The minimum Gasteiger partial charge on any atom is -0.291 e. The molecule has 0 heterocycles. The molecule has 0 aromatic heterocycles. The van der Waals surface area contributed by atoms with E-state index in [0.717, 1.165) is 25.0 Å². The lowest BCUT2D eigenvalue weighted by molar-refractivity contribution is -0.137. The van der Waals surface area contributed by atoms with Gasteiger partial charge in [-0.3, -0.25) is 10.2 Å². The van der Waals surface area contributed by atoms with Gasteiger partial charge in [-0.05, 0) is 31.0 Å². The second kappa shape index (κ2) is 5.33. The van der Waals surface area contributed by atoms with E-state index in [9.17, 15) is 18.0 Å². The average Bonchev–Trinajstić information content (AvgIpc) is 3.23. The van der Waals surface area contributed by atoms with Crippen LogP contribution in [0.15, 0.2) is 29.4 Å². The molecule has 0 bridgehead atoms. The van der Waals surface area contributed by atoms with Crippen LogP contribution in [0.25, 0.3) is 0 Å². The number of alkyl halides is 3. The largest absolute Gasteiger partial charge is 0.416 e. The lowest BCUT2D eigenvalue weighted by atomic mass is 10.2. The topological polar surface area (TPSA) is 65.2 Å². The van der Waals surface area contributed by atoms with E-state index in [1.807, 2.05) is 0 Å². The molecule has 1 fully saturated rings. The molecule has 1 N–H and O–H groups in total. The number of nitrogens with one attached hydrogen (secondary N) is 1. The molecule has 4 nitrogen and oxygen atoms in total. The Labute approximate surface area is 112 Å². The zero-order valence-corrected chi connectivity index (χ0v) is 10.2. The molecule has 1 aromatic rings. The molecule has 0 atom stereocenters. The smallest absolute Gasteiger partial charge is 0.291 e. The molecule has 0 amide bonds. The van der Waals surface area contributed by atoms with Gasteiger partial charge in [0.15, 0.2) is 5.78 Å². The average molecular weight is 281 g/mol. The van der Waals surface area contributed by atoms with Crippen molar-refractivity contribution < 1.29 is 18.0 Å². The monoisotopic (exact) mass is 281 g/mol. The number of halogens is 3. The molecule has 104 valence electrons. The van der Waals surface area contributed by atoms with Gasteiger partial charge in [-0.2, -0.15) is 23.5 Å². The van der Waals surface area contributed by atoms with Crippen LogP contribution in [0.2, 0.25) is 0 Å². The van der Waals surface area contributed by atoms with Gasteiger partial charge in [-0.25, -0.2) is 0 Å². The summed E-state index contributed by atoms with van der Waals surface area (Å²) in [6.45, 7) is 0. The van der Waals surface area contributed by atoms with Crippen molar-refractivity contribution in [2.24, 2.45) is 11.0 Å². The summed E-state index contributed by atoms with van der Waals surface area (Å²) in [4.78, 5) is 11.6. The van der Waals surface area contributed by atoms with Gasteiger partial charge in [-0.1, -0.05) is 6.07 Å². The summed E-state index contributed by atoms with van der Waals surface area (Å²) < 4.78 is 37.5. The van der Waals surface area contributed by atoms with E-state index < -0.39 is 11.7 Å². The molecule has 1 aliphatic rings. The second-order valence-corrected chi connectivity index (χ2v) is 4.40. The van der Waals surface area contributed by atoms with Crippen LogP contribution in [0.4, 0.5) is 18.9 Å². The van der Waals surface area contributed by atoms with E-state index in [-0.39, 0.29) is 23.1 Å². The Morgan fingerprint density at radius 1 is 1.40 bits per heavy atom. The summed E-state index contributed by atoms with van der Waals surface area (Å²) in [6.07, 6.45) is -3.00. The quantitative estimate of drug-likeness (QED) is 0.681. The van der Waals surface area contributed by atoms with E-state index in [2.05, 4.69) is 10.5 Å². The molecule has 1 aliphatic carbocycles. The molecule has 1 saturated carbocycles. The lowest BCUT2D eigenvalue weighted by Crippen LogP contribution is -2.15. The van der Waals surface area contributed by atoms with Crippen LogP contribution < -0.4 is 5.43 Å². The van der Waals surface area contributed by atoms with Gasteiger partial charge in [0.25, 0.3) is 0 Å². The minimum atomic E-state index is -4.46. The first-order valence-corrected chi connectivity index (χ1v) is 5.87. The summed E-state index contributed by atoms with van der Waals surface area (Å²) in [6, 6.07) is 6.03. The summed E-state index contributed by atoms with van der Waals surface area (Å²) in [5.41, 5.74) is 1.24. The maximum atomic E-state index is 12.5. The number of hydrogen-bond acceptors (Lipinski definition) is 4. The van der Waals surface area contributed by atoms with Gasteiger partial charge in [0, 0.05) is 5.92 Å². The molecular weight excluding hydrogens is 271 g/mol.